The van der Waals surface area contributed by atoms with Gasteiger partial charge in [0.05, 0.1) is 49.7 Å². The van der Waals surface area contributed by atoms with Crippen LogP contribution < -0.4 is 5.32 Å². The zero-order valence-electron chi connectivity index (χ0n) is 21.9. The Hall–Kier alpha value is -2.39. The van der Waals surface area contributed by atoms with Gasteiger partial charge in [-0.3, -0.25) is 9.80 Å². The Morgan fingerprint density at radius 1 is 1.11 bits per heavy atom. The fourth-order valence-electron chi connectivity index (χ4n) is 4.73. The predicted octanol–water partition coefficient (Wildman–Crippen LogP) is 3.33. The number of carbonyl (C=O) groups is 2. The molecule has 0 aromatic heterocycles. The molecule has 1 atom stereocenters. The van der Waals surface area contributed by atoms with Crippen molar-refractivity contribution in [3.05, 3.63) is 57.4 Å². The lowest BCUT2D eigenvalue weighted by atomic mass is 9.80. The van der Waals surface area contributed by atoms with E-state index in [0.717, 1.165) is 32.7 Å². The maximum absolute atomic E-state index is 13.2. The Morgan fingerprint density at radius 2 is 1.81 bits per heavy atom. The number of hydrogen-bond donors (Lipinski definition) is 1. The summed E-state index contributed by atoms with van der Waals surface area (Å²) in [5.41, 5.74) is 2.40. The van der Waals surface area contributed by atoms with Gasteiger partial charge in [-0.2, -0.15) is 0 Å². The van der Waals surface area contributed by atoms with Crippen LogP contribution in [0.1, 0.15) is 39.2 Å². The van der Waals surface area contributed by atoms with E-state index in [9.17, 15) is 9.59 Å². The van der Waals surface area contributed by atoms with Gasteiger partial charge in [-0.1, -0.05) is 29.8 Å². The van der Waals surface area contributed by atoms with Crippen molar-refractivity contribution in [3.8, 4) is 0 Å². The van der Waals surface area contributed by atoms with Crippen molar-refractivity contribution in [2.24, 2.45) is 0 Å². The molecule has 9 heteroatoms. The third-order valence-electron chi connectivity index (χ3n) is 6.70. The van der Waals surface area contributed by atoms with E-state index in [-0.39, 0.29) is 13.2 Å². The minimum Gasteiger partial charge on any atom is -0.466 e. The van der Waals surface area contributed by atoms with Crippen LogP contribution in [0.25, 0.3) is 0 Å². The summed E-state index contributed by atoms with van der Waals surface area (Å²) in [6, 6.07) is 7.74. The molecule has 1 fully saturated rings. The number of carbonyl (C=O) groups excluding carboxylic acids is 2. The average molecular weight is 520 g/mol. The molecule has 8 nitrogen and oxygen atoms in total. The zero-order chi connectivity index (χ0) is 26.2. The Labute approximate surface area is 219 Å². The molecule has 1 aromatic rings. The fraction of sp³-hybridized carbons (Fsp3) is 0.556. The van der Waals surface area contributed by atoms with Crippen LogP contribution in [0, 0.1) is 0 Å². The highest BCUT2D eigenvalue weighted by atomic mass is 35.5. The number of halogens is 1. The highest BCUT2D eigenvalue weighted by Gasteiger charge is 2.39. The number of dihydropyridines is 1. The quantitative estimate of drug-likeness (QED) is 0.372. The Morgan fingerprint density at radius 3 is 2.42 bits per heavy atom. The fourth-order valence-corrected chi connectivity index (χ4v) is 4.98. The second-order valence-corrected chi connectivity index (χ2v) is 9.65. The van der Waals surface area contributed by atoms with Gasteiger partial charge >= 0.3 is 11.9 Å². The Balaban J connectivity index is 1.82. The first-order chi connectivity index (χ1) is 17.3. The normalized spacial score (nSPS) is 19.5. The van der Waals surface area contributed by atoms with E-state index in [0.29, 0.717) is 45.8 Å². The molecule has 0 saturated carbocycles. The van der Waals surface area contributed by atoms with E-state index in [1.165, 1.54) is 7.11 Å². The first-order valence-corrected chi connectivity index (χ1v) is 12.9. The van der Waals surface area contributed by atoms with Gasteiger partial charge in [-0.25, -0.2) is 9.59 Å². The molecule has 0 bridgehead atoms. The summed E-state index contributed by atoms with van der Waals surface area (Å²) in [6.07, 6.45) is 0. The average Bonchev–Trinajstić information content (AvgIpc) is 2.86. The molecule has 0 spiro atoms. The lowest BCUT2D eigenvalue weighted by Crippen LogP contribution is -2.49. The van der Waals surface area contributed by atoms with E-state index >= 15 is 0 Å². The molecule has 0 radical (unpaired) electrons. The van der Waals surface area contributed by atoms with Gasteiger partial charge in [0.25, 0.3) is 0 Å². The number of allylic oxidation sites excluding steroid dienone is 1. The van der Waals surface area contributed by atoms with Gasteiger partial charge in [0.15, 0.2) is 0 Å². The summed E-state index contributed by atoms with van der Waals surface area (Å²) in [5, 5.41) is 3.66. The van der Waals surface area contributed by atoms with Crippen molar-refractivity contribution in [2.75, 3.05) is 59.7 Å². The Kier molecular flexibility index (Phi) is 10.4. The number of nitrogens with one attached hydrogen (secondary N) is 1. The van der Waals surface area contributed by atoms with Gasteiger partial charge < -0.3 is 19.5 Å². The first-order valence-electron chi connectivity index (χ1n) is 12.5. The molecule has 3 rings (SSSR count). The molecule has 1 aromatic carbocycles. The number of benzene rings is 1. The summed E-state index contributed by atoms with van der Waals surface area (Å²) in [5.74, 6) is -1.80. The van der Waals surface area contributed by atoms with Crippen LogP contribution in [-0.4, -0.2) is 87.4 Å². The molecule has 1 unspecified atom stereocenters. The van der Waals surface area contributed by atoms with Crippen LogP contribution in [-0.2, 0) is 23.8 Å². The highest BCUT2D eigenvalue weighted by molar-refractivity contribution is 6.31. The number of hydrogen-bond acceptors (Lipinski definition) is 8. The van der Waals surface area contributed by atoms with Gasteiger partial charge in [0.2, 0.25) is 0 Å². The molecule has 198 valence electrons. The van der Waals surface area contributed by atoms with Crippen LogP contribution in [0.4, 0.5) is 0 Å². The van der Waals surface area contributed by atoms with Gasteiger partial charge in [-0.05, 0) is 39.3 Å². The minimum atomic E-state index is -0.742. The minimum absolute atomic E-state index is 0.173. The molecule has 2 aliphatic rings. The smallest absolute Gasteiger partial charge is 0.336 e. The van der Waals surface area contributed by atoms with E-state index in [1.54, 1.807) is 26.0 Å². The SMILES string of the molecule is CCOC(=O)C1=C(COCCN2CCN(C(C)C)CC2)NC(C)=C(C(=O)OC)C1c1ccccc1Cl. The number of ether oxygens (including phenoxy) is 3. The second-order valence-electron chi connectivity index (χ2n) is 9.25. The van der Waals surface area contributed by atoms with Crippen LogP contribution in [0.2, 0.25) is 5.02 Å². The lowest BCUT2D eigenvalue weighted by Gasteiger charge is -2.36. The van der Waals surface area contributed by atoms with Crippen LogP contribution in [0.3, 0.4) is 0 Å². The van der Waals surface area contributed by atoms with Crippen molar-refractivity contribution >= 4 is 23.5 Å². The van der Waals surface area contributed by atoms with E-state index in [1.807, 2.05) is 12.1 Å². The molecular formula is C27H38ClN3O5. The van der Waals surface area contributed by atoms with Crippen LogP contribution in [0.15, 0.2) is 46.8 Å². The summed E-state index contributed by atoms with van der Waals surface area (Å²) in [6.45, 7) is 13.8. The molecule has 0 aliphatic carbocycles. The maximum atomic E-state index is 13.2. The van der Waals surface area contributed by atoms with E-state index < -0.39 is 17.9 Å². The predicted molar refractivity (Wildman–Crippen MR) is 140 cm³/mol. The molecule has 2 heterocycles. The van der Waals surface area contributed by atoms with Crippen molar-refractivity contribution in [3.63, 3.8) is 0 Å². The molecule has 2 aliphatic heterocycles. The Bertz CT molecular complexity index is 999. The topological polar surface area (TPSA) is 80.3 Å². The van der Waals surface area contributed by atoms with Crippen molar-refractivity contribution < 1.29 is 23.8 Å². The zero-order valence-corrected chi connectivity index (χ0v) is 22.7. The molecule has 1 N–H and O–H groups in total. The first kappa shape index (κ1) is 28.2. The number of nitrogens with zero attached hydrogens (tertiary/aromatic N) is 2. The number of methoxy groups -OCH3 is 1. The molecular weight excluding hydrogens is 482 g/mol. The van der Waals surface area contributed by atoms with E-state index in [2.05, 4.69) is 29.0 Å². The van der Waals surface area contributed by atoms with Crippen LogP contribution in [0.5, 0.6) is 0 Å². The molecule has 36 heavy (non-hydrogen) atoms. The summed E-state index contributed by atoms with van der Waals surface area (Å²) in [7, 11) is 1.32. The summed E-state index contributed by atoms with van der Waals surface area (Å²) >= 11 is 6.55. The molecule has 0 amide bonds. The standard InChI is InChI=1S/C27H38ClN3O5/c1-6-36-27(33)25-22(17-35-16-15-30-11-13-31(14-12-30)18(2)3)29-19(4)23(26(32)34-5)24(25)20-9-7-8-10-21(20)28/h7-10,18,24,29H,6,11-17H2,1-5H3. The van der Waals surface area contributed by atoms with Crippen molar-refractivity contribution in [1.82, 2.24) is 15.1 Å². The van der Waals surface area contributed by atoms with Crippen molar-refractivity contribution in [1.29, 1.82) is 0 Å². The highest BCUT2D eigenvalue weighted by Crippen LogP contribution is 2.41. The third-order valence-corrected chi connectivity index (χ3v) is 7.04. The number of rotatable bonds is 10. The number of esters is 2. The second kappa shape index (κ2) is 13.2. The summed E-state index contributed by atoms with van der Waals surface area (Å²) < 4.78 is 16.5. The monoisotopic (exact) mass is 519 g/mol. The number of piperazine rings is 1. The third kappa shape index (κ3) is 6.68. The van der Waals surface area contributed by atoms with Gasteiger partial charge in [0, 0.05) is 49.5 Å². The largest absolute Gasteiger partial charge is 0.466 e. The molecule has 1 saturated heterocycles. The van der Waals surface area contributed by atoms with Gasteiger partial charge in [0.1, 0.15) is 0 Å². The lowest BCUT2D eigenvalue weighted by molar-refractivity contribution is -0.139. The van der Waals surface area contributed by atoms with Crippen LogP contribution >= 0.6 is 11.6 Å². The summed E-state index contributed by atoms with van der Waals surface area (Å²) in [4.78, 5) is 30.9. The van der Waals surface area contributed by atoms with Gasteiger partial charge in [-0.15, -0.1) is 0 Å². The van der Waals surface area contributed by atoms with Crippen molar-refractivity contribution in [2.45, 2.75) is 39.7 Å². The van der Waals surface area contributed by atoms with E-state index in [4.69, 9.17) is 25.8 Å². The maximum Gasteiger partial charge on any atom is 0.336 e.